The monoisotopic (exact) mass is 317 g/mol. The zero-order valence-corrected chi connectivity index (χ0v) is 13.2. The number of anilines is 1. The molecule has 2 rings (SSSR count). The van der Waals surface area contributed by atoms with E-state index in [-0.39, 0.29) is 22.4 Å². The predicted octanol–water partition coefficient (Wildman–Crippen LogP) is 1.39. The van der Waals surface area contributed by atoms with E-state index in [0.29, 0.717) is 12.8 Å². The van der Waals surface area contributed by atoms with E-state index in [1.807, 2.05) is 6.92 Å². The zero-order valence-electron chi connectivity index (χ0n) is 11.6. The number of rotatable bonds is 3. The highest BCUT2D eigenvalue weighted by Gasteiger charge is 2.24. The second-order valence-electron chi connectivity index (χ2n) is 5.32. The minimum atomic E-state index is -3.24. The van der Waals surface area contributed by atoms with Crippen LogP contribution in [0.5, 0.6) is 0 Å². The van der Waals surface area contributed by atoms with Gasteiger partial charge in [-0.25, -0.2) is 16.8 Å². The molecule has 0 amide bonds. The van der Waals surface area contributed by atoms with Crippen LogP contribution in [-0.2, 0) is 19.7 Å². The fourth-order valence-corrected chi connectivity index (χ4v) is 4.38. The Hall–Kier alpha value is -1.08. The number of aryl methyl sites for hydroxylation is 1. The van der Waals surface area contributed by atoms with Crippen molar-refractivity contribution in [3.63, 3.8) is 0 Å². The summed E-state index contributed by atoms with van der Waals surface area (Å²) in [7, 11) is -6.12. The van der Waals surface area contributed by atoms with Gasteiger partial charge in [-0.05, 0) is 37.5 Å². The van der Waals surface area contributed by atoms with Crippen molar-refractivity contribution in [1.29, 1.82) is 0 Å². The Labute approximate surface area is 120 Å². The second-order valence-corrected chi connectivity index (χ2v) is 9.64. The van der Waals surface area contributed by atoms with Crippen molar-refractivity contribution in [2.45, 2.75) is 30.7 Å². The molecule has 0 saturated carbocycles. The molecule has 0 aliphatic carbocycles. The van der Waals surface area contributed by atoms with Crippen molar-refractivity contribution >= 4 is 25.4 Å². The molecule has 1 aromatic carbocycles. The summed E-state index contributed by atoms with van der Waals surface area (Å²) in [6.45, 7) is 1.90. The van der Waals surface area contributed by atoms with Crippen LogP contribution >= 0.6 is 0 Å². The van der Waals surface area contributed by atoms with E-state index < -0.39 is 19.7 Å². The molecule has 0 aromatic heterocycles. The van der Waals surface area contributed by atoms with E-state index in [4.69, 9.17) is 0 Å². The fourth-order valence-electron chi connectivity index (χ4n) is 2.24. The molecule has 0 radical (unpaired) electrons. The van der Waals surface area contributed by atoms with Gasteiger partial charge >= 0.3 is 0 Å². The summed E-state index contributed by atoms with van der Waals surface area (Å²) in [6.07, 6.45) is 2.30. The molecule has 0 unspecified atom stereocenters. The lowest BCUT2D eigenvalue weighted by Crippen LogP contribution is -2.32. The van der Waals surface area contributed by atoms with Gasteiger partial charge in [0, 0.05) is 18.0 Å². The van der Waals surface area contributed by atoms with Crippen molar-refractivity contribution < 1.29 is 16.8 Å². The smallest absolute Gasteiger partial charge is 0.175 e. The van der Waals surface area contributed by atoms with Crippen LogP contribution < -0.4 is 5.32 Å². The maximum absolute atomic E-state index is 11.6. The minimum absolute atomic E-state index is 0.0760. The Bertz CT molecular complexity index is 694. The van der Waals surface area contributed by atoms with Gasteiger partial charge in [-0.15, -0.1) is 0 Å². The Kier molecular flexibility index (Phi) is 4.11. The second kappa shape index (κ2) is 5.37. The van der Waals surface area contributed by atoms with Crippen LogP contribution in [0.2, 0.25) is 0 Å². The molecule has 7 heteroatoms. The lowest BCUT2D eigenvalue weighted by atomic mass is 10.1. The van der Waals surface area contributed by atoms with Gasteiger partial charge in [0.25, 0.3) is 0 Å². The SMILES string of the molecule is Cc1ccc(S(C)(=O)=O)cc1NC1CCS(=O)(=O)CC1. The molecule has 0 spiro atoms. The standard InChI is InChI=1S/C13H19NO4S2/c1-10-3-4-12(19(2,15)16)9-13(10)14-11-5-7-20(17,18)8-6-11/h3-4,9,11,14H,5-8H2,1-2H3. The molecule has 0 atom stereocenters. The normalized spacial score (nSPS) is 19.7. The fraction of sp³-hybridized carbons (Fsp3) is 0.538. The molecule has 0 bridgehead atoms. The van der Waals surface area contributed by atoms with Gasteiger partial charge < -0.3 is 5.32 Å². The van der Waals surface area contributed by atoms with Crippen molar-refractivity contribution in [3.8, 4) is 0 Å². The highest BCUT2D eigenvalue weighted by atomic mass is 32.2. The molecule has 1 aliphatic heterocycles. The van der Waals surface area contributed by atoms with Gasteiger partial charge in [0.1, 0.15) is 9.84 Å². The van der Waals surface area contributed by atoms with Crippen molar-refractivity contribution in [2.75, 3.05) is 23.1 Å². The van der Waals surface area contributed by atoms with Gasteiger partial charge in [0.05, 0.1) is 16.4 Å². The van der Waals surface area contributed by atoms with Crippen molar-refractivity contribution in [2.24, 2.45) is 0 Å². The van der Waals surface area contributed by atoms with Gasteiger partial charge in [0.2, 0.25) is 0 Å². The quantitative estimate of drug-likeness (QED) is 0.911. The number of hydrogen-bond donors (Lipinski definition) is 1. The highest BCUT2D eigenvalue weighted by Crippen LogP contribution is 2.24. The van der Waals surface area contributed by atoms with Crippen LogP contribution in [0.15, 0.2) is 23.1 Å². The topological polar surface area (TPSA) is 80.3 Å². The average molecular weight is 317 g/mol. The third kappa shape index (κ3) is 3.73. The Morgan fingerprint density at radius 3 is 2.35 bits per heavy atom. The molecular weight excluding hydrogens is 298 g/mol. The maximum atomic E-state index is 11.6. The molecule has 20 heavy (non-hydrogen) atoms. The maximum Gasteiger partial charge on any atom is 0.175 e. The number of sulfone groups is 2. The van der Waals surface area contributed by atoms with Gasteiger partial charge in [0.15, 0.2) is 9.84 Å². The van der Waals surface area contributed by atoms with Crippen molar-refractivity contribution in [1.82, 2.24) is 0 Å². The molecule has 112 valence electrons. The highest BCUT2D eigenvalue weighted by molar-refractivity contribution is 7.91. The van der Waals surface area contributed by atoms with Crippen LogP contribution in [-0.4, -0.2) is 40.6 Å². The summed E-state index contributed by atoms with van der Waals surface area (Å²) in [5.41, 5.74) is 1.71. The molecule has 5 nitrogen and oxygen atoms in total. The summed E-state index contributed by atoms with van der Waals surface area (Å²) < 4.78 is 45.9. The number of benzene rings is 1. The number of nitrogens with one attached hydrogen (secondary N) is 1. The molecule has 1 saturated heterocycles. The molecule has 1 aromatic rings. The number of hydrogen-bond acceptors (Lipinski definition) is 5. The minimum Gasteiger partial charge on any atom is -0.382 e. The van der Waals surface area contributed by atoms with Gasteiger partial charge in [-0.3, -0.25) is 0 Å². The molecule has 1 N–H and O–H groups in total. The first kappa shape index (κ1) is 15.3. The average Bonchev–Trinajstić information content (AvgIpc) is 2.33. The first-order valence-corrected chi connectivity index (χ1v) is 10.2. The summed E-state index contributed by atoms with van der Waals surface area (Å²) >= 11 is 0. The third-order valence-corrected chi connectivity index (χ3v) is 6.38. The lowest BCUT2D eigenvalue weighted by molar-refractivity contribution is 0.559. The first-order chi connectivity index (χ1) is 9.17. The van der Waals surface area contributed by atoms with E-state index in [9.17, 15) is 16.8 Å². The van der Waals surface area contributed by atoms with Crippen molar-refractivity contribution in [3.05, 3.63) is 23.8 Å². The van der Waals surface area contributed by atoms with E-state index in [1.165, 1.54) is 6.26 Å². The van der Waals surface area contributed by atoms with Crippen LogP contribution in [0.4, 0.5) is 5.69 Å². The van der Waals surface area contributed by atoms with Crippen LogP contribution in [0.3, 0.4) is 0 Å². The van der Waals surface area contributed by atoms with Gasteiger partial charge in [-0.2, -0.15) is 0 Å². The molecule has 1 fully saturated rings. The van der Waals surface area contributed by atoms with E-state index in [1.54, 1.807) is 18.2 Å². The molecule has 1 heterocycles. The largest absolute Gasteiger partial charge is 0.382 e. The molecular formula is C13H19NO4S2. The first-order valence-electron chi connectivity index (χ1n) is 6.45. The van der Waals surface area contributed by atoms with Crippen LogP contribution in [0.1, 0.15) is 18.4 Å². The van der Waals surface area contributed by atoms with E-state index >= 15 is 0 Å². The lowest BCUT2D eigenvalue weighted by Gasteiger charge is -2.25. The summed E-state index contributed by atoms with van der Waals surface area (Å²) in [6, 6.07) is 5.04. The zero-order chi connectivity index (χ0) is 15.0. The summed E-state index contributed by atoms with van der Waals surface area (Å²) in [5, 5.41) is 3.27. The summed E-state index contributed by atoms with van der Waals surface area (Å²) in [5.74, 6) is 0.380. The van der Waals surface area contributed by atoms with Crippen LogP contribution in [0, 0.1) is 6.92 Å². The summed E-state index contributed by atoms with van der Waals surface area (Å²) in [4.78, 5) is 0.272. The Morgan fingerprint density at radius 2 is 1.80 bits per heavy atom. The third-order valence-electron chi connectivity index (χ3n) is 3.55. The Balaban J connectivity index is 2.18. The Morgan fingerprint density at radius 1 is 1.20 bits per heavy atom. The van der Waals surface area contributed by atoms with E-state index in [2.05, 4.69) is 5.32 Å². The van der Waals surface area contributed by atoms with E-state index in [0.717, 1.165) is 11.3 Å². The molecule has 1 aliphatic rings. The van der Waals surface area contributed by atoms with Gasteiger partial charge in [-0.1, -0.05) is 6.07 Å². The van der Waals surface area contributed by atoms with Crippen LogP contribution in [0.25, 0.3) is 0 Å². The predicted molar refractivity (Wildman–Crippen MR) is 79.6 cm³/mol.